The van der Waals surface area contributed by atoms with E-state index in [0.717, 1.165) is 13.0 Å². The molecule has 0 aliphatic carbocycles. The lowest BCUT2D eigenvalue weighted by Crippen LogP contribution is -2.34. The van der Waals surface area contributed by atoms with E-state index in [1.165, 1.54) is 4.31 Å². The quantitative estimate of drug-likeness (QED) is 0.689. The summed E-state index contributed by atoms with van der Waals surface area (Å²) in [6, 6.07) is 0. The van der Waals surface area contributed by atoms with Gasteiger partial charge in [0.2, 0.25) is 10.0 Å². The summed E-state index contributed by atoms with van der Waals surface area (Å²) in [4.78, 5) is 2.36. The fourth-order valence-corrected chi connectivity index (χ4v) is 4.06. The van der Waals surface area contributed by atoms with E-state index >= 15 is 0 Å². The van der Waals surface area contributed by atoms with Gasteiger partial charge in [0.25, 0.3) is 0 Å². The number of rotatable bonds is 9. The first-order valence-corrected chi connectivity index (χ1v) is 8.61. The van der Waals surface area contributed by atoms with E-state index < -0.39 is 10.0 Å². The average molecular weight is 317 g/mol. The number of nitrogens with one attached hydrogen (secondary N) is 2. The number of hydrogen-bond acceptors (Lipinski definition) is 5. The topological polar surface area (TPSA) is 81.3 Å². The molecule has 122 valence electrons. The summed E-state index contributed by atoms with van der Waals surface area (Å²) in [5, 5.41) is 9.83. The number of H-pyrrole nitrogens is 1. The molecule has 0 atom stereocenters. The van der Waals surface area contributed by atoms with E-state index in [2.05, 4.69) is 20.4 Å². The van der Waals surface area contributed by atoms with E-state index in [9.17, 15) is 8.42 Å². The Hall–Kier alpha value is -0.960. The zero-order valence-electron chi connectivity index (χ0n) is 13.6. The fourth-order valence-electron chi connectivity index (χ4n) is 2.24. The van der Waals surface area contributed by atoms with Gasteiger partial charge in [-0.25, -0.2) is 8.42 Å². The van der Waals surface area contributed by atoms with Gasteiger partial charge in [-0.1, -0.05) is 6.92 Å². The predicted octanol–water partition coefficient (Wildman–Crippen LogP) is 0.400. The highest BCUT2D eigenvalue weighted by atomic mass is 32.2. The third-order valence-corrected chi connectivity index (χ3v) is 5.45. The Morgan fingerprint density at radius 3 is 2.48 bits per heavy atom. The standard InChI is InChI=1S/C13H27N5O2S/c1-6-18(9-7-8-17(4)5)21(19,20)13-11(2)15-16-12(13)10-14-3/h14H,6-10H2,1-5H3,(H,15,16). The Kier molecular flexibility index (Phi) is 6.79. The molecule has 0 aliphatic heterocycles. The van der Waals surface area contributed by atoms with Crippen molar-refractivity contribution in [2.75, 3.05) is 40.8 Å². The van der Waals surface area contributed by atoms with Crippen LogP contribution >= 0.6 is 0 Å². The third-order valence-electron chi connectivity index (χ3n) is 3.27. The van der Waals surface area contributed by atoms with Crippen LogP contribution in [0.25, 0.3) is 0 Å². The van der Waals surface area contributed by atoms with Gasteiger partial charge >= 0.3 is 0 Å². The molecule has 1 aromatic rings. The minimum atomic E-state index is -3.51. The van der Waals surface area contributed by atoms with E-state index in [1.807, 2.05) is 21.0 Å². The molecule has 0 aromatic carbocycles. The van der Waals surface area contributed by atoms with Gasteiger partial charge in [-0.3, -0.25) is 5.10 Å². The van der Waals surface area contributed by atoms with E-state index in [1.54, 1.807) is 14.0 Å². The first-order chi connectivity index (χ1) is 9.84. The molecule has 0 radical (unpaired) electrons. The van der Waals surface area contributed by atoms with Crippen LogP contribution in [-0.4, -0.2) is 68.6 Å². The normalized spacial score (nSPS) is 12.5. The molecule has 1 aromatic heterocycles. The van der Waals surface area contributed by atoms with E-state index in [0.29, 0.717) is 35.9 Å². The number of aromatic nitrogens is 2. The van der Waals surface area contributed by atoms with Crippen LogP contribution in [0.4, 0.5) is 0 Å². The number of nitrogens with zero attached hydrogens (tertiary/aromatic N) is 3. The number of sulfonamides is 1. The first-order valence-electron chi connectivity index (χ1n) is 7.17. The van der Waals surface area contributed by atoms with Gasteiger partial charge in [-0.05, 0) is 41.0 Å². The molecule has 21 heavy (non-hydrogen) atoms. The first kappa shape index (κ1) is 18.1. The lowest BCUT2D eigenvalue weighted by atomic mass is 10.4. The van der Waals surface area contributed by atoms with Crippen LogP contribution in [-0.2, 0) is 16.6 Å². The molecule has 7 nitrogen and oxygen atoms in total. The average Bonchev–Trinajstić information content (AvgIpc) is 2.76. The van der Waals surface area contributed by atoms with Crippen LogP contribution in [0.3, 0.4) is 0 Å². The summed E-state index contributed by atoms with van der Waals surface area (Å²) < 4.78 is 27.2. The Labute approximate surface area is 127 Å². The summed E-state index contributed by atoms with van der Waals surface area (Å²) >= 11 is 0. The molecule has 0 amide bonds. The second kappa shape index (κ2) is 7.88. The van der Waals surface area contributed by atoms with Crippen molar-refractivity contribution in [1.29, 1.82) is 0 Å². The summed E-state index contributed by atoms with van der Waals surface area (Å²) in [5.41, 5.74) is 1.13. The van der Waals surface area contributed by atoms with Crippen LogP contribution in [0.1, 0.15) is 24.7 Å². The third kappa shape index (κ3) is 4.50. The summed E-state index contributed by atoms with van der Waals surface area (Å²) in [6.45, 7) is 5.86. The Bertz CT molecular complexity index is 539. The maximum absolute atomic E-state index is 12.8. The van der Waals surface area contributed by atoms with Crippen LogP contribution < -0.4 is 5.32 Å². The van der Waals surface area contributed by atoms with Gasteiger partial charge in [0.1, 0.15) is 4.90 Å². The Balaban J connectivity index is 2.99. The highest BCUT2D eigenvalue weighted by Crippen LogP contribution is 2.22. The van der Waals surface area contributed by atoms with Gasteiger partial charge in [0, 0.05) is 19.6 Å². The highest BCUT2D eigenvalue weighted by Gasteiger charge is 2.29. The molecule has 0 unspecified atom stereocenters. The van der Waals surface area contributed by atoms with Crippen molar-refractivity contribution >= 4 is 10.0 Å². The summed E-state index contributed by atoms with van der Waals surface area (Å²) in [5.74, 6) is 0. The largest absolute Gasteiger partial charge is 0.314 e. The van der Waals surface area contributed by atoms with Crippen molar-refractivity contribution in [3.05, 3.63) is 11.4 Å². The molecule has 0 aliphatic rings. The van der Waals surface area contributed by atoms with Crippen LogP contribution in [0.5, 0.6) is 0 Å². The highest BCUT2D eigenvalue weighted by molar-refractivity contribution is 7.89. The molecule has 0 saturated heterocycles. The zero-order chi connectivity index (χ0) is 16.0. The maximum atomic E-state index is 12.8. The van der Waals surface area contributed by atoms with E-state index in [4.69, 9.17) is 0 Å². The number of aryl methyl sites for hydroxylation is 1. The van der Waals surface area contributed by atoms with Gasteiger partial charge in [-0.15, -0.1) is 0 Å². The molecular weight excluding hydrogens is 290 g/mol. The lowest BCUT2D eigenvalue weighted by molar-refractivity contribution is 0.356. The SMILES string of the molecule is CCN(CCCN(C)C)S(=O)(=O)c1c(CNC)n[nH]c1C. The van der Waals surface area contributed by atoms with Crippen LogP contribution in [0.2, 0.25) is 0 Å². The number of hydrogen-bond donors (Lipinski definition) is 2. The molecule has 2 N–H and O–H groups in total. The zero-order valence-corrected chi connectivity index (χ0v) is 14.4. The van der Waals surface area contributed by atoms with Gasteiger partial charge < -0.3 is 10.2 Å². The minimum Gasteiger partial charge on any atom is -0.314 e. The molecule has 0 bridgehead atoms. The van der Waals surface area contributed by atoms with Crippen molar-refractivity contribution in [3.63, 3.8) is 0 Å². The minimum absolute atomic E-state index is 0.309. The van der Waals surface area contributed by atoms with Crippen molar-refractivity contribution in [2.45, 2.75) is 31.7 Å². The maximum Gasteiger partial charge on any atom is 0.246 e. The lowest BCUT2D eigenvalue weighted by Gasteiger charge is -2.21. The van der Waals surface area contributed by atoms with Crippen LogP contribution in [0, 0.1) is 6.92 Å². The molecule has 0 fully saturated rings. The van der Waals surface area contributed by atoms with Crippen molar-refractivity contribution in [3.8, 4) is 0 Å². The fraction of sp³-hybridized carbons (Fsp3) is 0.769. The van der Waals surface area contributed by atoms with Crippen molar-refractivity contribution in [1.82, 2.24) is 24.7 Å². The Morgan fingerprint density at radius 2 is 1.95 bits per heavy atom. The van der Waals surface area contributed by atoms with Gasteiger partial charge in [-0.2, -0.15) is 9.40 Å². The second-order valence-corrected chi connectivity index (χ2v) is 7.18. The molecule has 8 heteroatoms. The second-order valence-electron chi connectivity index (χ2n) is 5.31. The van der Waals surface area contributed by atoms with Crippen molar-refractivity contribution in [2.24, 2.45) is 0 Å². The summed E-state index contributed by atoms with van der Waals surface area (Å²) in [6.07, 6.45) is 0.804. The molecule has 0 saturated carbocycles. The Morgan fingerprint density at radius 1 is 1.29 bits per heavy atom. The number of aromatic amines is 1. The molecule has 1 rings (SSSR count). The monoisotopic (exact) mass is 317 g/mol. The summed E-state index contributed by atoms with van der Waals surface area (Å²) in [7, 11) is 2.23. The molecular formula is C13H27N5O2S. The smallest absolute Gasteiger partial charge is 0.246 e. The predicted molar refractivity (Wildman–Crippen MR) is 83.7 cm³/mol. The molecule has 0 spiro atoms. The van der Waals surface area contributed by atoms with Crippen molar-refractivity contribution < 1.29 is 8.42 Å². The van der Waals surface area contributed by atoms with E-state index in [-0.39, 0.29) is 0 Å². The van der Waals surface area contributed by atoms with Gasteiger partial charge in [0.15, 0.2) is 0 Å². The van der Waals surface area contributed by atoms with Crippen LogP contribution in [0.15, 0.2) is 4.90 Å². The molecule has 1 heterocycles. The van der Waals surface area contributed by atoms with Gasteiger partial charge in [0.05, 0.1) is 11.4 Å².